The maximum Gasteiger partial charge on any atom is 0.311 e. The second-order valence-corrected chi connectivity index (χ2v) is 4.90. The van der Waals surface area contributed by atoms with E-state index >= 15 is 0 Å². The SMILES string of the molecule is CC(CNC(=O)/C=C/c1ccccc1)(CC(=O)O)C(=O)O. The molecule has 0 fully saturated rings. The van der Waals surface area contributed by atoms with Crippen LogP contribution in [0.3, 0.4) is 0 Å². The highest BCUT2D eigenvalue weighted by Gasteiger charge is 2.36. The van der Waals surface area contributed by atoms with Gasteiger partial charge >= 0.3 is 11.9 Å². The van der Waals surface area contributed by atoms with Crippen LogP contribution in [0.25, 0.3) is 6.08 Å². The molecule has 0 aromatic heterocycles. The van der Waals surface area contributed by atoms with Crippen LogP contribution in [0, 0.1) is 5.41 Å². The van der Waals surface area contributed by atoms with Crippen LogP contribution in [0.2, 0.25) is 0 Å². The molecular formula is C15H17NO5. The summed E-state index contributed by atoms with van der Waals surface area (Å²) in [4.78, 5) is 33.4. The number of rotatable bonds is 7. The lowest BCUT2D eigenvalue weighted by Gasteiger charge is -2.22. The lowest BCUT2D eigenvalue weighted by Crippen LogP contribution is -2.42. The maximum absolute atomic E-state index is 11.6. The number of hydrogen-bond donors (Lipinski definition) is 3. The van der Waals surface area contributed by atoms with Crippen LogP contribution in [0.15, 0.2) is 36.4 Å². The normalized spacial score (nSPS) is 13.6. The molecule has 1 aromatic carbocycles. The number of carboxylic acid groups (broad SMARTS) is 2. The number of amides is 1. The average molecular weight is 291 g/mol. The second-order valence-electron chi connectivity index (χ2n) is 4.90. The highest BCUT2D eigenvalue weighted by molar-refractivity contribution is 5.92. The van der Waals surface area contributed by atoms with Crippen LogP contribution in [0.4, 0.5) is 0 Å². The summed E-state index contributed by atoms with van der Waals surface area (Å²) in [6.07, 6.45) is 2.30. The molecule has 112 valence electrons. The molecule has 1 aromatic rings. The van der Waals surface area contributed by atoms with Gasteiger partial charge in [-0.2, -0.15) is 0 Å². The van der Waals surface area contributed by atoms with E-state index in [-0.39, 0.29) is 6.54 Å². The number of carbonyl (C=O) groups is 3. The van der Waals surface area contributed by atoms with Crippen LogP contribution in [-0.2, 0) is 14.4 Å². The molecule has 0 aliphatic heterocycles. The van der Waals surface area contributed by atoms with Gasteiger partial charge in [0.05, 0.1) is 11.8 Å². The van der Waals surface area contributed by atoms with Crippen LogP contribution < -0.4 is 5.32 Å². The van der Waals surface area contributed by atoms with Gasteiger partial charge in [0.1, 0.15) is 0 Å². The van der Waals surface area contributed by atoms with E-state index in [1.165, 1.54) is 13.0 Å². The first kappa shape index (κ1) is 16.4. The zero-order valence-electron chi connectivity index (χ0n) is 11.6. The van der Waals surface area contributed by atoms with Gasteiger partial charge in [-0.1, -0.05) is 30.3 Å². The smallest absolute Gasteiger partial charge is 0.311 e. The fourth-order valence-corrected chi connectivity index (χ4v) is 1.62. The van der Waals surface area contributed by atoms with E-state index in [0.717, 1.165) is 5.56 Å². The number of aliphatic carboxylic acids is 2. The minimum atomic E-state index is -1.54. The van der Waals surface area contributed by atoms with Crippen molar-refractivity contribution in [1.82, 2.24) is 5.32 Å². The zero-order valence-corrected chi connectivity index (χ0v) is 11.6. The molecule has 1 rings (SSSR count). The summed E-state index contributed by atoms with van der Waals surface area (Å²) in [6, 6.07) is 9.13. The molecule has 0 saturated heterocycles. The van der Waals surface area contributed by atoms with E-state index in [1.807, 2.05) is 30.3 Å². The molecule has 1 unspecified atom stereocenters. The third kappa shape index (κ3) is 5.48. The van der Waals surface area contributed by atoms with E-state index in [9.17, 15) is 14.4 Å². The fourth-order valence-electron chi connectivity index (χ4n) is 1.62. The van der Waals surface area contributed by atoms with E-state index < -0.39 is 29.7 Å². The van der Waals surface area contributed by atoms with Gasteiger partial charge in [-0.15, -0.1) is 0 Å². The summed E-state index contributed by atoms with van der Waals surface area (Å²) in [7, 11) is 0. The van der Waals surface area contributed by atoms with Gasteiger partial charge in [0, 0.05) is 12.6 Å². The van der Waals surface area contributed by atoms with Gasteiger partial charge in [0.15, 0.2) is 0 Å². The Balaban J connectivity index is 2.60. The van der Waals surface area contributed by atoms with Gasteiger partial charge < -0.3 is 15.5 Å². The van der Waals surface area contributed by atoms with Gasteiger partial charge in [0.25, 0.3) is 0 Å². The monoisotopic (exact) mass is 291 g/mol. The minimum absolute atomic E-state index is 0.257. The second kappa shape index (κ2) is 7.23. The highest BCUT2D eigenvalue weighted by atomic mass is 16.4. The molecule has 6 heteroatoms. The van der Waals surface area contributed by atoms with Crippen molar-refractivity contribution in [2.45, 2.75) is 13.3 Å². The summed E-state index contributed by atoms with van der Waals surface area (Å²) < 4.78 is 0. The standard InChI is InChI=1S/C15H17NO5/c1-15(14(20)21,9-13(18)19)10-16-12(17)8-7-11-5-3-2-4-6-11/h2-8H,9-10H2,1H3,(H,16,17)(H,18,19)(H,20,21)/b8-7+. The van der Waals surface area contributed by atoms with E-state index in [2.05, 4.69) is 5.32 Å². The predicted molar refractivity (Wildman–Crippen MR) is 76.5 cm³/mol. The maximum atomic E-state index is 11.6. The van der Waals surface area contributed by atoms with Crippen LogP contribution in [-0.4, -0.2) is 34.6 Å². The Bertz CT molecular complexity index is 552. The molecule has 0 bridgehead atoms. The predicted octanol–water partition coefficient (Wildman–Crippen LogP) is 1.38. The molecule has 1 atom stereocenters. The van der Waals surface area contributed by atoms with Gasteiger partial charge in [-0.05, 0) is 18.6 Å². The molecule has 0 spiro atoms. The quantitative estimate of drug-likeness (QED) is 0.658. The summed E-state index contributed by atoms with van der Waals surface area (Å²) in [5.41, 5.74) is -0.707. The zero-order chi connectivity index (χ0) is 15.9. The number of benzene rings is 1. The van der Waals surface area contributed by atoms with Crippen molar-refractivity contribution < 1.29 is 24.6 Å². The molecule has 3 N–H and O–H groups in total. The summed E-state index contributed by atoms with van der Waals surface area (Å²) in [6.45, 7) is 1.03. The Morgan fingerprint density at radius 1 is 1.19 bits per heavy atom. The van der Waals surface area contributed by atoms with Crippen LogP contribution >= 0.6 is 0 Å². The summed E-state index contributed by atoms with van der Waals surface area (Å²) in [5, 5.41) is 20.2. The van der Waals surface area contributed by atoms with Crippen molar-refractivity contribution in [1.29, 1.82) is 0 Å². The number of hydrogen-bond acceptors (Lipinski definition) is 3. The molecule has 6 nitrogen and oxygen atoms in total. The van der Waals surface area contributed by atoms with E-state index in [0.29, 0.717) is 0 Å². The minimum Gasteiger partial charge on any atom is -0.481 e. The van der Waals surface area contributed by atoms with Crippen molar-refractivity contribution in [2.24, 2.45) is 5.41 Å². The lowest BCUT2D eigenvalue weighted by atomic mass is 9.87. The van der Waals surface area contributed by atoms with Crippen molar-refractivity contribution in [3.8, 4) is 0 Å². The Labute approximate surface area is 122 Å². The molecule has 0 saturated carbocycles. The topological polar surface area (TPSA) is 104 Å². The van der Waals surface area contributed by atoms with Crippen molar-refractivity contribution >= 4 is 23.9 Å². The van der Waals surface area contributed by atoms with E-state index in [1.54, 1.807) is 6.08 Å². The third-order valence-corrected chi connectivity index (χ3v) is 2.94. The van der Waals surface area contributed by atoms with E-state index in [4.69, 9.17) is 10.2 Å². The van der Waals surface area contributed by atoms with Gasteiger partial charge in [-0.25, -0.2) is 0 Å². The molecule has 0 aliphatic rings. The molecule has 0 heterocycles. The molecular weight excluding hydrogens is 274 g/mol. The van der Waals surface area contributed by atoms with Gasteiger partial charge in [0.2, 0.25) is 5.91 Å². The highest BCUT2D eigenvalue weighted by Crippen LogP contribution is 2.20. The summed E-state index contributed by atoms with van der Waals surface area (Å²) >= 11 is 0. The third-order valence-electron chi connectivity index (χ3n) is 2.94. The Morgan fingerprint density at radius 2 is 1.81 bits per heavy atom. The Morgan fingerprint density at radius 3 is 2.33 bits per heavy atom. The first-order valence-corrected chi connectivity index (χ1v) is 6.30. The van der Waals surface area contributed by atoms with Gasteiger partial charge in [-0.3, -0.25) is 14.4 Å². The summed E-state index contributed by atoms with van der Waals surface area (Å²) in [5.74, 6) is -2.97. The van der Waals surface area contributed by atoms with Crippen molar-refractivity contribution in [3.05, 3.63) is 42.0 Å². The lowest BCUT2D eigenvalue weighted by molar-refractivity contribution is -0.154. The number of carboxylic acids is 2. The largest absolute Gasteiger partial charge is 0.481 e. The van der Waals surface area contributed by atoms with Crippen molar-refractivity contribution in [2.75, 3.05) is 6.54 Å². The van der Waals surface area contributed by atoms with Crippen molar-refractivity contribution in [3.63, 3.8) is 0 Å². The van der Waals surface area contributed by atoms with Crippen LogP contribution in [0.5, 0.6) is 0 Å². The molecule has 0 aliphatic carbocycles. The average Bonchev–Trinajstić information content (AvgIpc) is 2.43. The Hall–Kier alpha value is -2.63. The molecule has 21 heavy (non-hydrogen) atoms. The molecule has 0 radical (unpaired) electrons. The van der Waals surface area contributed by atoms with Crippen LogP contribution in [0.1, 0.15) is 18.9 Å². The first-order chi connectivity index (χ1) is 9.83. The Kier molecular flexibility index (Phi) is 5.66. The first-order valence-electron chi connectivity index (χ1n) is 6.30. The fraction of sp³-hybridized carbons (Fsp3) is 0.267. The number of carbonyl (C=O) groups excluding carboxylic acids is 1. The molecule has 1 amide bonds. The number of nitrogens with one attached hydrogen (secondary N) is 1.